The Morgan fingerprint density at radius 3 is 2.67 bits per heavy atom. The fraction of sp³-hybridized carbons (Fsp3) is 0.500. The van der Waals surface area contributed by atoms with E-state index in [-0.39, 0.29) is 24.4 Å². The SMILES string of the molecule is COC(=O)CN(Cc1cc(F)ccc1C)C(C)C. The normalized spacial score (nSPS) is 11.1. The summed E-state index contributed by atoms with van der Waals surface area (Å²) < 4.78 is 17.9. The molecule has 0 amide bonds. The molecule has 0 radical (unpaired) electrons. The molecule has 0 unspecified atom stereocenters. The van der Waals surface area contributed by atoms with E-state index in [1.807, 2.05) is 25.7 Å². The summed E-state index contributed by atoms with van der Waals surface area (Å²) in [4.78, 5) is 13.3. The van der Waals surface area contributed by atoms with E-state index < -0.39 is 0 Å². The number of benzene rings is 1. The molecule has 0 fully saturated rings. The number of nitrogens with zero attached hydrogens (tertiary/aromatic N) is 1. The Hall–Kier alpha value is -1.42. The van der Waals surface area contributed by atoms with Crippen LogP contribution in [0.4, 0.5) is 4.39 Å². The van der Waals surface area contributed by atoms with Gasteiger partial charge in [-0.05, 0) is 44.0 Å². The molecule has 0 aliphatic carbocycles. The van der Waals surface area contributed by atoms with Gasteiger partial charge in [-0.25, -0.2) is 4.39 Å². The maximum Gasteiger partial charge on any atom is 0.319 e. The number of carbonyl (C=O) groups is 1. The van der Waals surface area contributed by atoms with Gasteiger partial charge in [0.2, 0.25) is 0 Å². The molecule has 0 saturated carbocycles. The first-order valence-electron chi connectivity index (χ1n) is 6.00. The van der Waals surface area contributed by atoms with Crippen LogP contribution in [0.25, 0.3) is 0 Å². The van der Waals surface area contributed by atoms with Crippen LogP contribution in [0, 0.1) is 12.7 Å². The summed E-state index contributed by atoms with van der Waals surface area (Å²) in [6, 6.07) is 4.90. The molecule has 4 heteroatoms. The highest BCUT2D eigenvalue weighted by molar-refractivity contribution is 5.71. The van der Waals surface area contributed by atoms with Crippen molar-refractivity contribution in [3.63, 3.8) is 0 Å². The van der Waals surface area contributed by atoms with E-state index in [2.05, 4.69) is 4.74 Å². The van der Waals surface area contributed by atoms with Crippen molar-refractivity contribution in [3.05, 3.63) is 35.1 Å². The predicted octanol–water partition coefficient (Wildman–Crippen LogP) is 2.52. The summed E-state index contributed by atoms with van der Waals surface area (Å²) in [6.07, 6.45) is 0. The van der Waals surface area contributed by atoms with Gasteiger partial charge < -0.3 is 4.74 Å². The second-order valence-electron chi connectivity index (χ2n) is 4.65. The van der Waals surface area contributed by atoms with E-state index in [1.54, 1.807) is 6.07 Å². The molecule has 3 nitrogen and oxygen atoms in total. The molecule has 0 saturated heterocycles. The lowest BCUT2D eigenvalue weighted by Gasteiger charge is -2.25. The standard InChI is InChI=1S/C14H20FNO2/c1-10(2)16(9-14(17)18-4)8-12-7-13(15)6-5-11(12)3/h5-7,10H,8-9H2,1-4H3. The van der Waals surface area contributed by atoms with Gasteiger partial charge in [-0.1, -0.05) is 6.07 Å². The van der Waals surface area contributed by atoms with E-state index in [1.165, 1.54) is 19.2 Å². The van der Waals surface area contributed by atoms with Gasteiger partial charge in [0.25, 0.3) is 0 Å². The summed E-state index contributed by atoms with van der Waals surface area (Å²) in [5.41, 5.74) is 1.92. The molecule has 1 aromatic rings. The molecule has 0 atom stereocenters. The van der Waals surface area contributed by atoms with E-state index in [0.29, 0.717) is 6.54 Å². The molecule has 0 aliphatic heterocycles. The molecule has 18 heavy (non-hydrogen) atoms. The summed E-state index contributed by atoms with van der Waals surface area (Å²) in [5.74, 6) is -0.532. The number of halogens is 1. The van der Waals surface area contributed by atoms with Crippen molar-refractivity contribution in [1.29, 1.82) is 0 Å². The number of hydrogen-bond donors (Lipinski definition) is 0. The number of rotatable bonds is 5. The zero-order valence-electron chi connectivity index (χ0n) is 11.4. The third-order valence-electron chi connectivity index (χ3n) is 2.97. The van der Waals surface area contributed by atoms with Crippen LogP contribution in [-0.4, -0.2) is 30.6 Å². The van der Waals surface area contributed by atoms with Crippen molar-refractivity contribution in [1.82, 2.24) is 4.90 Å². The predicted molar refractivity (Wildman–Crippen MR) is 68.7 cm³/mol. The molecule has 1 rings (SSSR count). The molecule has 0 aliphatic rings. The third-order valence-corrected chi connectivity index (χ3v) is 2.97. The molecule has 0 heterocycles. The smallest absolute Gasteiger partial charge is 0.319 e. The maximum atomic E-state index is 13.2. The average Bonchev–Trinajstić information content (AvgIpc) is 2.32. The first-order valence-corrected chi connectivity index (χ1v) is 6.00. The van der Waals surface area contributed by atoms with E-state index in [0.717, 1.165) is 11.1 Å². The van der Waals surface area contributed by atoms with Crippen LogP contribution in [0.5, 0.6) is 0 Å². The minimum absolute atomic E-state index is 0.187. The third kappa shape index (κ3) is 4.11. The summed E-state index contributed by atoms with van der Waals surface area (Å²) in [5, 5.41) is 0. The lowest BCUT2D eigenvalue weighted by atomic mass is 10.1. The van der Waals surface area contributed by atoms with Crippen LogP contribution in [0.2, 0.25) is 0 Å². The van der Waals surface area contributed by atoms with Crippen LogP contribution in [0.3, 0.4) is 0 Å². The summed E-state index contributed by atoms with van der Waals surface area (Å²) >= 11 is 0. The lowest BCUT2D eigenvalue weighted by molar-refractivity contribution is -0.142. The minimum atomic E-state index is -0.280. The van der Waals surface area contributed by atoms with Crippen molar-refractivity contribution in [2.45, 2.75) is 33.4 Å². The highest BCUT2D eigenvalue weighted by atomic mass is 19.1. The molecule has 0 bridgehead atoms. The number of esters is 1. The van der Waals surface area contributed by atoms with E-state index in [4.69, 9.17) is 0 Å². The Morgan fingerprint density at radius 2 is 2.11 bits per heavy atom. The number of methoxy groups -OCH3 is 1. The Balaban J connectivity index is 2.83. The fourth-order valence-electron chi connectivity index (χ4n) is 1.68. The van der Waals surface area contributed by atoms with E-state index in [9.17, 15) is 9.18 Å². The van der Waals surface area contributed by atoms with Gasteiger partial charge in [0.05, 0.1) is 13.7 Å². The van der Waals surface area contributed by atoms with E-state index >= 15 is 0 Å². The van der Waals surface area contributed by atoms with Gasteiger partial charge in [-0.3, -0.25) is 9.69 Å². The summed E-state index contributed by atoms with van der Waals surface area (Å²) in [7, 11) is 1.37. The van der Waals surface area contributed by atoms with Crippen molar-refractivity contribution in [3.8, 4) is 0 Å². The zero-order valence-corrected chi connectivity index (χ0v) is 11.4. The van der Waals surface area contributed by atoms with Crippen LogP contribution >= 0.6 is 0 Å². The van der Waals surface area contributed by atoms with Gasteiger partial charge in [-0.2, -0.15) is 0 Å². The largest absolute Gasteiger partial charge is 0.468 e. The van der Waals surface area contributed by atoms with Crippen molar-refractivity contribution in [2.75, 3.05) is 13.7 Å². The Bertz CT molecular complexity index is 418. The number of ether oxygens (including phenoxy) is 1. The van der Waals surface area contributed by atoms with Gasteiger partial charge >= 0.3 is 5.97 Å². The molecule has 0 aromatic heterocycles. The molecule has 100 valence electrons. The highest BCUT2D eigenvalue weighted by Gasteiger charge is 2.16. The Labute approximate surface area is 108 Å². The van der Waals surface area contributed by atoms with Gasteiger partial charge in [-0.15, -0.1) is 0 Å². The topological polar surface area (TPSA) is 29.5 Å². The van der Waals surface area contributed by atoms with Crippen molar-refractivity contribution < 1.29 is 13.9 Å². The van der Waals surface area contributed by atoms with Gasteiger partial charge in [0, 0.05) is 12.6 Å². The van der Waals surface area contributed by atoms with Crippen LogP contribution in [-0.2, 0) is 16.1 Å². The average molecular weight is 253 g/mol. The molecule has 0 spiro atoms. The fourth-order valence-corrected chi connectivity index (χ4v) is 1.68. The van der Waals surface area contributed by atoms with Crippen LogP contribution < -0.4 is 0 Å². The maximum absolute atomic E-state index is 13.2. The second-order valence-corrected chi connectivity index (χ2v) is 4.65. The monoisotopic (exact) mass is 253 g/mol. The number of hydrogen-bond acceptors (Lipinski definition) is 3. The molecule has 1 aromatic carbocycles. The van der Waals surface area contributed by atoms with Gasteiger partial charge in [0.1, 0.15) is 5.82 Å². The summed E-state index contributed by atoms with van der Waals surface area (Å²) in [6.45, 7) is 6.68. The zero-order chi connectivity index (χ0) is 13.7. The molecular weight excluding hydrogens is 233 g/mol. The Morgan fingerprint density at radius 1 is 1.44 bits per heavy atom. The first kappa shape index (κ1) is 14.6. The van der Waals surface area contributed by atoms with Crippen molar-refractivity contribution in [2.24, 2.45) is 0 Å². The molecule has 0 N–H and O–H groups in total. The van der Waals surface area contributed by atoms with Crippen LogP contribution in [0.15, 0.2) is 18.2 Å². The number of aryl methyl sites for hydroxylation is 1. The van der Waals surface area contributed by atoms with Crippen LogP contribution in [0.1, 0.15) is 25.0 Å². The minimum Gasteiger partial charge on any atom is -0.468 e. The lowest BCUT2D eigenvalue weighted by Crippen LogP contribution is -2.35. The second kappa shape index (κ2) is 6.50. The first-order chi connectivity index (χ1) is 8.43. The Kier molecular flexibility index (Phi) is 5.28. The van der Waals surface area contributed by atoms with Gasteiger partial charge in [0.15, 0.2) is 0 Å². The van der Waals surface area contributed by atoms with Crippen molar-refractivity contribution >= 4 is 5.97 Å². The molecular formula is C14H20FNO2. The highest BCUT2D eigenvalue weighted by Crippen LogP contribution is 2.14. The number of carbonyl (C=O) groups excluding carboxylic acids is 1. The quantitative estimate of drug-likeness (QED) is 0.755.